The SMILES string of the molecule is CSc1ccc(C)c(C(=O)Nc2cccc(CN(C)C(=O)OC(C)(C)C)c2)c1. The summed E-state index contributed by atoms with van der Waals surface area (Å²) >= 11 is 1.60. The second kappa shape index (κ2) is 9.15. The smallest absolute Gasteiger partial charge is 0.410 e. The molecule has 0 saturated carbocycles. The second-order valence-corrected chi connectivity index (χ2v) is 8.55. The van der Waals surface area contributed by atoms with Crippen molar-refractivity contribution in [3.05, 3.63) is 59.2 Å². The summed E-state index contributed by atoms with van der Waals surface area (Å²) in [5, 5.41) is 2.95. The number of thioether (sulfide) groups is 1. The van der Waals surface area contributed by atoms with Gasteiger partial charge in [0, 0.05) is 29.7 Å². The molecular weight excluding hydrogens is 372 g/mol. The summed E-state index contributed by atoms with van der Waals surface area (Å²) in [6, 6.07) is 13.3. The number of aryl methyl sites for hydroxylation is 1. The number of benzene rings is 2. The van der Waals surface area contributed by atoms with Crippen LogP contribution < -0.4 is 5.32 Å². The minimum atomic E-state index is -0.537. The Bertz CT molecular complexity index is 859. The van der Waals surface area contributed by atoms with Gasteiger partial charge in [-0.25, -0.2) is 4.79 Å². The Hall–Kier alpha value is -2.47. The molecule has 0 unspecified atom stereocenters. The number of rotatable bonds is 5. The van der Waals surface area contributed by atoms with Crippen LogP contribution in [0.15, 0.2) is 47.4 Å². The molecule has 0 heterocycles. The van der Waals surface area contributed by atoms with E-state index < -0.39 is 5.60 Å². The van der Waals surface area contributed by atoms with Gasteiger partial charge in [-0.3, -0.25) is 4.79 Å². The van der Waals surface area contributed by atoms with Crippen molar-refractivity contribution in [2.45, 2.75) is 44.7 Å². The maximum atomic E-state index is 12.7. The van der Waals surface area contributed by atoms with Gasteiger partial charge in [0.2, 0.25) is 0 Å². The largest absolute Gasteiger partial charge is 0.444 e. The van der Waals surface area contributed by atoms with Crippen LogP contribution in [0.1, 0.15) is 42.3 Å². The lowest BCUT2D eigenvalue weighted by Crippen LogP contribution is -2.33. The molecule has 1 N–H and O–H groups in total. The van der Waals surface area contributed by atoms with Gasteiger partial charge in [0.15, 0.2) is 0 Å². The van der Waals surface area contributed by atoms with Gasteiger partial charge in [-0.1, -0.05) is 18.2 Å². The fourth-order valence-electron chi connectivity index (χ4n) is 2.60. The first-order chi connectivity index (χ1) is 13.1. The van der Waals surface area contributed by atoms with E-state index in [-0.39, 0.29) is 12.0 Å². The molecule has 0 fully saturated rings. The minimum absolute atomic E-state index is 0.147. The highest BCUT2D eigenvalue weighted by atomic mass is 32.2. The highest BCUT2D eigenvalue weighted by Gasteiger charge is 2.19. The standard InChI is InChI=1S/C22H28N2O3S/c1-15-10-11-18(28-6)13-19(15)20(25)23-17-9-7-8-16(12-17)14-24(5)21(26)27-22(2,3)4/h7-13H,14H2,1-6H3,(H,23,25). The van der Waals surface area contributed by atoms with E-state index in [9.17, 15) is 9.59 Å². The predicted octanol–water partition coefficient (Wildman–Crippen LogP) is 5.34. The molecule has 2 aromatic rings. The van der Waals surface area contributed by atoms with Crippen LogP contribution in [0.4, 0.5) is 10.5 Å². The van der Waals surface area contributed by atoms with Crippen LogP contribution in [0.25, 0.3) is 0 Å². The quantitative estimate of drug-likeness (QED) is 0.689. The van der Waals surface area contributed by atoms with Crippen molar-refractivity contribution in [1.29, 1.82) is 0 Å². The molecule has 0 aliphatic heterocycles. The number of amides is 2. The van der Waals surface area contributed by atoms with E-state index in [0.29, 0.717) is 17.8 Å². The Kier molecular flexibility index (Phi) is 7.13. The summed E-state index contributed by atoms with van der Waals surface area (Å²) in [7, 11) is 1.69. The van der Waals surface area contributed by atoms with Crippen LogP contribution in [0.3, 0.4) is 0 Å². The molecule has 0 saturated heterocycles. The summed E-state index contributed by atoms with van der Waals surface area (Å²) in [4.78, 5) is 27.4. The van der Waals surface area contributed by atoms with E-state index in [2.05, 4.69) is 5.32 Å². The van der Waals surface area contributed by atoms with E-state index in [0.717, 1.165) is 16.0 Å². The second-order valence-electron chi connectivity index (χ2n) is 7.67. The maximum absolute atomic E-state index is 12.7. The average molecular weight is 401 g/mol. The summed E-state index contributed by atoms with van der Waals surface area (Å²) in [5.41, 5.74) is 2.64. The molecule has 0 atom stereocenters. The van der Waals surface area contributed by atoms with Crippen molar-refractivity contribution in [2.75, 3.05) is 18.6 Å². The zero-order valence-corrected chi connectivity index (χ0v) is 18.1. The van der Waals surface area contributed by atoms with Gasteiger partial charge in [0.05, 0.1) is 0 Å². The van der Waals surface area contributed by atoms with Crippen LogP contribution in [0.5, 0.6) is 0 Å². The van der Waals surface area contributed by atoms with Crippen molar-refractivity contribution in [1.82, 2.24) is 4.90 Å². The fraction of sp³-hybridized carbons (Fsp3) is 0.364. The van der Waals surface area contributed by atoms with E-state index in [1.54, 1.807) is 18.8 Å². The number of nitrogens with zero attached hydrogens (tertiary/aromatic N) is 1. The van der Waals surface area contributed by atoms with Crippen LogP contribution >= 0.6 is 11.8 Å². The first-order valence-electron chi connectivity index (χ1n) is 9.08. The fourth-order valence-corrected chi connectivity index (χ4v) is 3.04. The molecule has 2 aromatic carbocycles. The van der Waals surface area contributed by atoms with Gasteiger partial charge in [-0.05, 0) is 69.3 Å². The van der Waals surface area contributed by atoms with Crippen LogP contribution in [-0.2, 0) is 11.3 Å². The first kappa shape index (κ1) is 21.8. The van der Waals surface area contributed by atoms with E-state index in [1.165, 1.54) is 4.90 Å². The zero-order valence-electron chi connectivity index (χ0n) is 17.3. The van der Waals surface area contributed by atoms with Crippen molar-refractivity contribution in [2.24, 2.45) is 0 Å². The van der Waals surface area contributed by atoms with Gasteiger partial charge in [-0.15, -0.1) is 11.8 Å². The number of anilines is 1. The summed E-state index contributed by atoms with van der Waals surface area (Å²) < 4.78 is 5.37. The molecule has 28 heavy (non-hydrogen) atoms. The molecule has 0 aliphatic rings. The minimum Gasteiger partial charge on any atom is -0.444 e. The molecule has 0 radical (unpaired) electrons. The van der Waals surface area contributed by atoms with Crippen molar-refractivity contribution < 1.29 is 14.3 Å². The number of hydrogen-bond acceptors (Lipinski definition) is 4. The van der Waals surface area contributed by atoms with Crippen molar-refractivity contribution in [3.8, 4) is 0 Å². The van der Waals surface area contributed by atoms with Gasteiger partial charge in [0.1, 0.15) is 5.60 Å². The Morgan fingerprint density at radius 1 is 1.14 bits per heavy atom. The number of ether oxygens (including phenoxy) is 1. The first-order valence-corrected chi connectivity index (χ1v) is 10.3. The van der Waals surface area contributed by atoms with Gasteiger partial charge < -0.3 is 15.0 Å². The zero-order chi connectivity index (χ0) is 20.9. The molecule has 150 valence electrons. The predicted molar refractivity (Wildman–Crippen MR) is 115 cm³/mol. The van der Waals surface area contributed by atoms with E-state index >= 15 is 0 Å². The van der Waals surface area contributed by atoms with Crippen LogP contribution in [0.2, 0.25) is 0 Å². The lowest BCUT2D eigenvalue weighted by molar-refractivity contribution is 0.0285. The average Bonchev–Trinajstić information content (AvgIpc) is 2.61. The summed E-state index contributed by atoms with van der Waals surface area (Å²) in [5.74, 6) is -0.147. The topological polar surface area (TPSA) is 58.6 Å². The molecular formula is C22H28N2O3S. The van der Waals surface area contributed by atoms with E-state index in [4.69, 9.17) is 4.74 Å². The lowest BCUT2D eigenvalue weighted by atomic mass is 10.1. The lowest BCUT2D eigenvalue weighted by Gasteiger charge is -2.24. The molecule has 0 aliphatic carbocycles. The third-order valence-electron chi connectivity index (χ3n) is 4.00. The Morgan fingerprint density at radius 2 is 1.86 bits per heavy atom. The van der Waals surface area contributed by atoms with Crippen LogP contribution in [0, 0.1) is 6.92 Å². The Morgan fingerprint density at radius 3 is 2.50 bits per heavy atom. The van der Waals surface area contributed by atoms with Gasteiger partial charge >= 0.3 is 6.09 Å². The molecule has 0 bridgehead atoms. The number of hydrogen-bond donors (Lipinski definition) is 1. The van der Waals surface area contributed by atoms with Crippen molar-refractivity contribution in [3.63, 3.8) is 0 Å². The highest BCUT2D eigenvalue weighted by molar-refractivity contribution is 7.98. The third-order valence-corrected chi connectivity index (χ3v) is 4.72. The number of carbonyl (C=O) groups excluding carboxylic acids is 2. The molecule has 5 nitrogen and oxygen atoms in total. The normalized spacial score (nSPS) is 11.1. The molecule has 0 spiro atoms. The third kappa shape index (κ3) is 6.30. The molecule has 2 amide bonds. The number of carbonyl (C=O) groups is 2. The monoisotopic (exact) mass is 400 g/mol. The Labute approximate surface area is 171 Å². The van der Waals surface area contributed by atoms with E-state index in [1.807, 2.05) is 76.4 Å². The highest BCUT2D eigenvalue weighted by Crippen LogP contribution is 2.21. The van der Waals surface area contributed by atoms with Gasteiger partial charge in [-0.2, -0.15) is 0 Å². The Balaban J connectivity index is 2.09. The number of nitrogens with one attached hydrogen (secondary N) is 1. The maximum Gasteiger partial charge on any atom is 0.410 e. The molecule has 6 heteroatoms. The van der Waals surface area contributed by atoms with Crippen LogP contribution in [-0.4, -0.2) is 35.8 Å². The summed E-state index contributed by atoms with van der Waals surface area (Å²) in [6.07, 6.45) is 1.60. The van der Waals surface area contributed by atoms with Gasteiger partial charge in [0.25, 0.3) is 5.91 Å². The summed E-state index contributed by atoms with van der Waals surface area (Å²) in [6.45, 7) is 7.82. The molecule has 0 aromatic heterocycles. The molecule has 2 rings (SSSR count). The van der Waals surface area contributed by atoms with Crippen molar-refractivity contribution >= 4 is 29.4 Å².